The van der Waals surface area contributed by atoms with Gasteiger partial charge in [0, 0.05) is 12.6 Å². The fraction of sp³-hybridized carbons (Fsp3) is 0.300. The van der Waals surface area contributed by atoms with E-state index < -0.39 is 17.7 Å². The number of urea groups is 1. The van der Waals surface area contributed by atoms with Gasteiger partial charge in [-0.2, -0.15) is 0 Å². The molecule has 0 heterocycles. The lowest BCUT2D eigenvalue weighted by Crippen LogP contribution is -2.31. The fourth-order valence-corrected chi connectivity index (χ4v) is 1.24. The summed E-state index contributed by atoms with van der Waals surface area (Å²) >= 11 is 0. The number of hydrogen-bond donors (Lipinski definition) is 2. The van der Waals surface area contributed by atoms with Gasteiger partial charge in [-0.05, 0) is 18.1 Å². The summed E-state index contributed by atoms with van der Waals surface area (Å²) < 4.78 is 31.2. The van der Waals surface area contributed by atoms with Crippen LogP contribution in [-0.4, -0.2) is 19.7 Å². The maximum Gasteiger partial charge on any atom is 0.312 e. The third-order valence-electron chi connectivity index (χ3n) is 2.01. The van der Waals surface area contributed by atoms with Gasteiger partial charge in [0.15, 0.2) is 11.6 Å². The molecule has 88 valence electrons. The summed E-state index contributed by atoms with van der Waals surface area (Å²) in [5, 5.41) is 2.29. The van der Waals surface area contributed by atoms with Gasteiger partial charge in [0.2, 0.25) is 0 Å². The molecule has 0 fully saturated rings. The topological polar surface area (TPSA) is 64.3 Å². The number of amides is 2. The number of primary amides is 1. The van der Waals surface area contributed by atoms with Crippen LogP contribution in [0.1, 0.15) is 5.56 Å². The quantitative estimate of drug-likeness (QED) is 0.815. The summed E-state index contributed by atoms with van der Waals surface area (Å²) in [6.07, 6.45) is 0.162. The van der Waals surface area contributed by atoms with Crippen LogP contribution in [0, 0.1) is 11.6 Å². The Kier molecular flexibility index (Phi) is 4.04. The second-order valence-electron chi connectivity index (χ2n) is 3.12. The molecule has 0 aliphatic carbocycles. The smallest absolute Gasteiger partial charge is 0.312 e. The Balaban J connectivity index is 2.73. The molecule has 0 saturated carbocycles. The predicted octanol–water partition coefficient (Wildman–Crippen LogP) is 1.18. The molecular weight excluding hydrogens is 218 g/mol. The SMILES string of the molecule is COc1cc(F)c(CCNC(N)=O)cc1F. The molecule has 6 heteroatoms. The van der Waals surface area contributed by atoms with Gasteiger partial charge >= 0.3 is 6.03 Å². The van der Waals surface area contributed by atoms with Crippen molar-refractivity contribution in [2.45, 2.75) is 6.42 Å². The second kappa shape index (κ2) is 5.29. The molecule has 2 amide bonds. The summed E-state index contributed by atoms with van der Waals surface area (Å²) in [7, 11) is 1.26. The minimum atomic E-state index is -0.700. The van der Waals surface area contributed by atoms with E-state index in [0.717, 1.165) is 12.1 Å². The van der Waals surface area contributed by atoms with Crippen molar-refractivity contribution in [1.82, 2.24) is 5.32 Å². The first kappa shape index (κ1) is 12.2. The van der Waals surface area contributed by atoms with Crippen molar-refractivity contribution in [2.75, 3.05) is 13.7 Å². The summed E-state index contributed by atoms with van der Waals surface area (Å²) in [5.74, 6) is -1.37. The van der Waals surface area contributed by atoms with Crippen molar-refractivity contribution in [2.24, 2.45) is 5.73 Å². The molecule has 4 nitrogen and oxygen atoms in total. The van der Waals surface area contributed by atoms with E-state index in [2.05, 4.69) is 10.1 Å². The number of nitrogens with one attached hydrogen (secondary N) is 1. The Hall–Kier alpha value is -1.85. The molecule has 1 aromatic rings. The van der Waals surface area contributed by atoms with E-state index in [9.17, 15) is 13.6 Å². The van der Waals surface area contributed by atoms with Crippen molar-refractivity contribution in [3.63, 3.8) is 0 Å². The first-order chi connectivity index (χ1) is 7.54. The third-order valence-corrected chi connectivity index (χ3v) is 2.01. The molecule has 1 rings (SSSR count). The standard InChI is InChI=1S/C10H12F2N2O2/c1-16-9-5-7(11)6(4-8(9)12)2-3-14-10(13)15/h4-5H,2-3H2,1H3,(H3,13,14,15). The van der Waals surface area contributed by atoms with Crippen LogP contribution in [0.15, 0.2) is 12.1 Å². The van der Waals surface area contributed by atoms with Crippen LogP contribution in [0.3, 0.4) is 0 Å². The van der Waals surface area contributed by atoms with Gasteiger partial charge < -0.3 is 15.8 Å². The van der Waals surface area contributed by atoms with Crippen LogP contribution in [0.5, 0.6) is 5.75 Å². The number of methoxy groups -OCH3 is 1. The summed E-state index contributed by atoms with van der Waals surface area (Å²) in [4.78, 5) is 10.4. The maximum atomic E-state index is 13.4. The number of benzene rings is 1. The van der Waals surface area contributed by atoms with Crippen molar-refractivity contribution in [1.29, 1.82) is 0 Å². The molecule has 0 spiro atoms. The number of rotatable bonds is 4. The second-order valence-corrected chi connectivity index (χ2v) is 3.12. The third kappa shape index (κ3) is 3.08. The lowest BCUT2D eigenvalue weighted by atomic mass is 10.1. The van der Waals surface area contributed by atoms with Crippen molar-refractivity contribution < 1.29 is 18.3 Å². The van der Waals surface area contributed by atoms with E-state index in [4.69, 9.17) is 5.73 Å². The number of ether oxygens (including phenoxy) is 1. The van der Waals surface area contributed by atoms with E-state index in [1.165, 1.54) is 7.11 Å². The average Bonchev–Trinajstić information content (AvgIpc) is 2.22. The zero-order chi connectivity index (χ0) is 12.1. The van der Waals surface area contributed by atoms with E-state index in [-0.39, 0.29) is 24.3 Å². The zero-order valence-corrected chi connectivity index (χ0v) is 8.72. The van der Waals surface area contributed by atoms with E-state index in [1.54, 1.807) is 0 Å². The minimum absolute atomic E-state index is 0.149. The lowest BCUT2D eigenvalue weighted by molar-refractivity contribution is 0.249. The largest absolute Gasteiger partial charge is 0.494 e. The fourth-order valence-electron chi connectivity index (χ4n) is 1.24. The Bertz CT molecular complexity index is 397. The average molecular weight is 230 g/mol. The number of nitrogens with two attached hydrogens (primary N) is 1. The van der Waals surface area contributed by atoms with Crippen LogP contribution >= 0.6 is 0 Å². The molecule has 0 aliphatic rings. The molecule has 1 aromatic carbocycles. The van der Waals surface area contributed by atoms with Crippen LogP contribution in [-0.2, 0) is 6.42 Å². The van der Waals surface area contributed by atoms with Gasteiger partial charge in [-0.25, -0.2) is 13.6 Å². The van der Waals surface area contributed by atoms with Gasteiger partial charge in [0.25, 0.3) is 0 Å². The molecule has 3 N–H and O–H groups in total. The van der Waals surface area contributed by atoms with Gasteiger partial charge in [0.1, 0.15) is 5.82 Å². The molecule has 0 atom stereocenters. The molecule has 0 saturated heterocycles. The normalized spacial score (nSPS) is 9.94. The van der Waals surface area contributed by atoms with E-state index in [0.29, 0.717) is 0 Å². The van der Waals surface area contributed by atoms with Crippen molar-refractivity contribution >= 4 is 6.03 Å². The van der Waals surface area contributed by atoms with Crippen molar-refractivity contribution in [3.05, 3.63) is 29.3 Å². The van der Waals surface area contributed by atoms with Crippen LogP contribution in [0.4, 0.5) is 13.6 Å². The molecular formula is C10H12F2N2O2. The first-order valence-corrected chi connectivity index (χ1v) is 4.59. The molecule has 0 radical (unpaired) electrons. The zero-order valence-electron chi connectivity index (χ0n) is 8.72. The summed E-state index contributed by atoms with van der Waals surface area (Å²) in [6.45, 7) is 0.151. The molecule has 0 aliphatic heterocycles. The summed E-state index contributed by atoms with van der Waals surface area (Å²) in [6, 6.07) is 1.31. The molecule has 0 unspecified atom stereocenters. The van der Waals surface area contributed by atoms with Crippen LogP contribution in [0.25, 0.3) is 0 Å². The first-order valence-electron chi connectivity index (χ1n) is 4.59. The highest BCUT2D eigenvalue weighted by molar-refractivity contribution is 5.71. The minimum Gasteiger partial charge on any atom is -0.494 e. The number of halogens is 2. The monoisotopic (exact) mass is 230 g/mol. The highest BCUT2D eigenvalue weighted by atomic mass is 19.1. The highest BCUT2D eigenvalue weighted by Gasteiger charge is 2.10. The van der Waals surface area contributed by atoms with E-state index in [1.807, 2.05) is 0 Å². The van der Waals surface area contributed by atoms with Crippen molar-refractivity contribution in [3.8, 4) is 5.75 Å². The molecule has 16 heavy (non-hydrogen) atoms. The van der Waals surface area contributed by atoms with Gasteiger partial charge in [-0.3, -0.25) is 0 Å². The Morgan fingerprint density at radius 2 is 2.12 bits per heavy atom. The lowest BCUT2D eigenvalue weighted by Gasteiger charge is -2.07. The maximum absolute atomic E-state index is 13.4. The van der Waals surface area contributed by atoms with Gasteiger partial charge in [0.05, 0.1) is 7.11 Å². The Morgan fingerprint density at radius 3 is 2.69 bits per heavy atom. The van der Waals surface area contributed by atoms with Gasteiger partial charge in [-0.15, -0.1) is 0 Å². The number of hydrogen-bond acceptors (Lipinski definition) is 2. The molecule has 0 aromatic heterocycles. The number of carbonyl (C=O) groups excluding carboxylic acids is 1. The van der Waals surface area contributed by atoms with Gasteiger partial charge in [-0.1, -0.05) is 0 Å². The van der Waals surface area contributed by atoms with Crippen LogP contribution < -0.4 is 15.8 Å². The molecule has 0 bridgehead atoms. The Labute approximate surface area is 91.4 Å². The summed E-state index contributed by atoms with van der Waals surface area (Å²) in [5.41, 5.74) is 4.99. The Morgan fingerprint density at radius 1 is 1.44 bits per heavy atom. The number of carbonyl (C=O) groups is 1. The predicted molar refractivity (Wildman–Crippen MR) is 54.2 cm³/mol. The van der Waals surface area contributed by atoms with E-state index >= 15 is 0 Å². The van der Waals surface area contributed by atoms with Crippen LogP contribution in [0.2, 0.25) is 0 Å². The highest BCUT2D eigenvalue weighted by Crippen LogP contribution is 2.21.